The molecule has 4 heterocycles. The molecule has 23 heavy (non-hydrogen) atoms. The Morgan fingerprint density at radius 2 is 2.00 bits per heavy atom. The van der Waals surface area contributed by atoms with Crippen LogP contribution in [0.2, 0.25) is 0 Å². The third-order valence-electron chi connectivity index (χ3n) is 4.95. The van der Waals surface area contributed by atoms with Gasteiger partial charge in [-0.15, -0.1) is 12.4 Å². The van der Waals surface area contributed by atoms with Gasteiger partial charge in [-0.25, -0.2) is 4.98 Å². The number of nitrogens with zero attached hydrogens (tertiary/aromatic N) is 4. The van der Waals surface area contributed by atoms with Gasteiger partial charge in [0.25, 0.3) is 0 Å². The van der Waals surface area contributed by atoms with Crippen LogP contribution in [0.25, 0.3) is 5.65 Å². The first-order valence-corrected chi connectivity index (χ1v) is 8.39. The Morgan fingerprint density at radius 1 is 1.17 bits per heavy atom. The van der Waals surface area contributed by atoms with Crippen LogP contribution in [0.3, 0.4) is 0 Å². The van der Waals surface area contributed by atoms with Crippen LogP contribution in [0.1, 0.15) is 17.7 Å². The van der Waals surface area contributed by atoms with Gasteiger partial charge in [0.1, 0.15) is 5.65 Å². The van der Waals surface area contributed by atoms with Crippen molar-refractivity contribution in [1.82, 2.24) is 24.5 Å². The molecule has 2 aliphatic heterocycles. The molecular formula is C17H26ClN5. The van der Waals surface area contributed by atoms with E-state index in [2.05, 4.69) is 51.0 Å². The van der Waals surface area contributed by atoms with Gasteiger partial charge in [0, 0.05) is 64.2 Å². The summed E-state index contributed by atoms with van der Waals surface area (Å²) in [4.78, 5) is 9.97. The molecule has 2 aromatic heterocycles. The monoisotopic (exact) mass is 335 g/mol. The Morgan fingerprint density at radius 3 is 2.83 bits per heavy atom. The number of aromatic nitrogens is 2. The highest BCUT2D eigenvalue weighted by atomic mass is 35.5. The van der Waals surface area contributed by atoms with E-state index in [-0.39, 0.29) is 12.4 Å². The summed E-state index contributed by atoms with van der Waals surface area (Å²) in [7, 11) is 0. The molecule has 0 bridgehead atoms. The van der Waals surface area contributed by atoms with Gasteiger partial charge in [-0.1, -0.05) is 6.07 Å². The van der Waals surface area contributed by atoms with Crippen molar-refractivity contribution in [3.63, 3.8) is 0 Å². The lowest BCUT2D eigenvalue weighted by atomic mass is 10.2. The summed E-state index contributed by atoms with van der Waals surface area (Å²) in [5.41, 5.74) is 3.52. The molecule has 2 saturated heterocycles. The second kappa shape index (κ2) is 7.18. The first-order valence-electron chi connectivity index (χ1n) is 8.39. The first kappa shape index (κ1) is 16.7. The van der Waals surface area contributed by atoms with Crippen molar-refractivity contribution >= 4 is 18.1 Å². The lowest BCUT2D eigenvalue weighted by Gasteiger charge is -2.32. The zero-order valence-electron chi connectivity index (χ0n) is 13.7. The second-order valence-corrected chi connectivity index (χ2v) is 6.67. The maximum atomic E-state index is 4.75. The lowest BCUT2D eigenvalue weighted by molar-refractivity contribution is 0.170. The number of imidazole rings is 1. The minimum Gasteiger partial charge on any atom is -0.314 e. The lowest BCUT2D eigenvalue weighted by Crippen LogP contribution is -2.49. The van der Waals surface area contributed by atoms with Crippen molar-refractivity contribution in [3.05, 3.63) is 35.8 Å². The minimum atomic E-state index is 0. The van der Waals surface area contributed by atoms with Gasteiger partial charge < -0.3 is 9.72 Å². The zero-order chi connectivity index (χ0) is 14.9. The summed E-state index contributed by atoms with van der Waals surface area (Å²) in [5, 5.41) is 3.44. The van der Waals surface area contributed by atoms with Crippen molar-refractivity contribution in [2.75, 3.05) is 39.3 Å². The molecule has 0 aliphatic carbocycles. The predicted octanol–water partition coefficient (Wildman–Crippen LogP) is 1.54. The number of hydrogen-bond acceptors (Lipinski definition) is 4. The van der Waals surface area contributed by atoms with E-state index >= 15 is 0 Å². The summed E-state index contributed by atoms with van der Waals surface area (Å²) in [5.74, 6) is 0. The molecule has 0 amide bonds. The van der Waals surface area contributed by atoms with Crippen molar-refractivity contribution < 1.29 is 0 Å². The van der Waals surface area contributed by atoms with Gasteiger partial charge in [0.05, 0.1) is 5.69 Å². The van der Waals surface area contributed by atoms with Crippen LogP contribution in [-0.2, 0) is 6.54 Å². The Labute approximate surface area is 144 Å². The number of likely N-dealkylation sites (tertiary alicyclic amines) is 1. The fourth-order valence-corrected chi connectivity index (χ4v) is 3.76. The van der Waals surface area contributed by atoms with E-state index in [9.17, 15) is 0 Å². The molecule has 1 N–H and O–H groups in total. The van der Waals surface area contributed by atoms with Gasteiger partial charge in [-0.2, -0.15) is 0 Å². The molecule has 2 aliphatic rings. The van der Waals surface area contributed by atoms with Gasteiger partial charge in [0.15, 0.2) is 0 Å². The number of nitrogens with one attached hydrogen (secondary N) is 1. The molecule has 2 fully saturated rings. The fraction of sp³-hybridized carbons (Fsp3) is 0.588. The topological polar surface area (TPSA) is 35.8 Å². The summed E-state index contributed by atoms with van der Waals surface area (Å²) in [6.45, 7) is 10.2. The average molecular weight is 336 g/mol. The molecule has 0 saturated carbocycles. The van der Waals surface area contributed by atoms with Crippen LogP contribution >= 0.6 is 12.4 Å². The predicted molar refractivity (Wildman–Crippen MR) is 95.3 cm³/mol. The normalized spacial score (nSPS) is 23.3. The third-order valence-corrected chi connectivity index (χ3v) is 4.95. The average Bonchev–Trinajstić information content (AvgIpc) is 3.14. The van der Waals surface area contributed by atoms with E-state index < -0.39 is 0 Å². The summed E-state index contributed by atoms with van der Waals surface area (Å²) < 4.78 is 2.15. The Kier molecular flexibility index (Phi) is 5.21. The van der Waals surface area contributed by atoms with E-state index in [1.54, 1.807) is 0 Å². The van der Waals surface area contributed by atoms with Crippen molar-refractivity contribution in [1.29, 1.82) is 0 Å². The number of pyridine rings is 1. The number of rotatable bonds is 3. The van der Waals surface area contributed by atoms with Gasteiger partial charge >= 0.3 is 0 Å². The minimum absolute atomic E-state index is 0. The van der Waals surface area contributed by atoms with E-state index in [4.69, 9.17) is 4.98 Å². The molecule has 126 valence electrons. The first-order chi connectivity index (χ1) is 10.8. The van der Waals surface area contributed by atoms with Gasteiger partial charge in [-0.3, -0.25) is 9.80 Å². The van der Waals surface area contributed by atoms with Crippen molar-refractivity contribution in [2.45, 2.75) is 25.9 Å². The van der Waals surface area contributed by atoms with E-state index in [0.29, 0.717) is 0 Å². The van der Waals surface area contributed by atoms with E-state index in [1.165, 1.54) is 43.9 Å². The van der Waals surface area contributed by atoms with Gasteiger partial charge in [-0.05, 0) is 25.0 Å². The molecule has 2 aromatic rings. The highest BCUT2D eigenvalue weighted by Gasteiger charge is 2.28. The zero-order valence-corrected chi connectivity index (χ0v) is 14.6. The second-order valence-electron chi connectivity index (χ2n) is 6.67. The smallest absolute Gasteiger partial charge is 0.137 e. The maximum absolute atomic E-state index is 4.75. The van der Waals surface area contributed by atoms with Crippen LogP contribution in [0, 0.1) is 6.92 Å². The molecule has 1 unspecified atom stereocenters. The highest BCUT2D eigenvalue weighted by Crippen LogP contribution is 2.18. The quantitative estimate of drug-likeness (QED) is 0.923. The standard InChI is InChI=1S/C17H25N5.ClH/c1-14-2-3-17-19-15(12-22(17)10-14)11-20-7-4-16(13-20)21-8-5-18-6-9-21;/h2-3,10,12,16,18H,4-9,11,13H2,1H3;1H. The molecular weight excluding hydrogens is 310 g/mol. The van der Waals surface area contributed by atoms with Crippen molar-refractivity contribution in [3.8, 4) is 0 Å². The number of hydrogen-bond donors (Lipinski definition) is 1. The van der Waals surface area contributed by atoms with E-state index in [1.807, 2.05) is 0 Å². The molecule has 0 spiro atoms. The third kappa shape index (κ3) is 3.69. The summed E-state index contributed by atoms with van der Waals surface area (Å²) in [6.07, 6.45) is 5.63. The molecule has 0 aromatic carbocycles. The van der Waals surface area contributed by atoms with Crippen LogP contribution in [0.5, 0.6) is 0 Å². The van der Waals surface area contributed by atoms with Crippen molar-refractivity contribution in [2.24, 2.45) is 0 Å². The van der Waals surface area contributed by atoms with E-state index in [0.717, 1.165) is 31.3 Å². The molecule has 5 nitrogen and oxygen atoms in total. The fourth-order valence-electron chi connectivity index (χ4n) is 3.76. The Bertz CT molecular complexity index is 649. The maximum Gasteiger partial charge on any atom is 0.137 e. The summed E-state index contributed by atoms with van der Waals surface area (Å²) in [6, 6.07) is 4.97. The van der Waals surface area contributed by atoms with Crippen LogP contribution < -0.4 is 5.32 Å². The van der Waals surface area contributed by atoms with Crippen LogP contribution in [-0.4, -0.2) is 64.5 Å². The van der Waals surface area contributed by atoms with Crippen LogP contribution in [0.15, 0.2) is 24.5 Å². The number of fused-ring (bicyclic) bond motifs is 1. The molecule has 1 atom stereocenters. The number of halogens is 1. The SMILES string of the molecule is Cc1ccc2nc(CN3CCC(N4CCNCC4)C3)cn2c1.Cl. The number of piperazine rings is 1. The molecule has 6 heteroatoms. The summed E-state index contributed by atoms with van der Waals surface area (Å²) >= 11 is 0. The number of aryl methyl sites for hydroxylation is 1. The molecule has 0 radical (unpaired) electrons. The van der Waals surface area contributed by atoms with Gasteiger partial charge in [0.2, 0.25) is 0 Å². The largest absolute Gasteiger partial charge is 0.314 e. The Balaban J connectivity index is 0.00000156. The molecule has 4 rings (SSSR count). The van der Waals surface area contributed by atoms with Crippen LogP contribution in [0.4, 0.5) is 0 Å². The Hall–Kier alpha value is -1.14. The highest BCUT2D eigenvalue weighted by molar-refractivity contribution is 5.85.